The van der Waals surface area contributed by atoms with Gasteiger partial charge in [-0.25, -0.2) is 8.78 Å². The molecule has 2 N–H and O–H groups in total. The summed E-state index contributed by atoms with van der Waals surface area (Å²) in [4.78, 5) is 0. The zero-order valence-corrected chi connectivity index (χ0v) is 12.1. The number of nitrogens with two attached hydrogens (primary N) is 1. The highest BCUT2D eigenvalue weighted by molar-refractivity contribution is 5.34. The molecule has 0 aliphatic heterocycles. The maximum Gasteiger partial charge on any atom is 0.139 e. The van der Waals surface area contributed by atoms with Crippen molar-refractivity contribution in [2.75, 3.05) is 0 Å². The Morgan fingerprint density at radius 3 is 2.48 bits per heavy atom. The summed E-state index contributed by atoms with van der Waals surface area (Å²) in [5, 5.41) is 0. The quantitative estimate of drug-likeness (QED) is 0.899. The Labute approximate surface area is 123 Å². The second-order valence-corrected chi connectivity index (χ2v) is 5.08. The summed E-state index contributed by atoms with van der Waals surface area (Å²) in [7, 11) is 0. The van der Waals surface area contributed by atoms with Gasteiger partial charge in [0.25, 0.3) is 0 Å². The molecule has 2 rings (SSSR count). The maximum atomic E-state index is 13.4. The van der Waals surface area contributed by atoms with Crippen LogP contribution in [0.4, 0.5) is 8.78 Å². The van der Waals surface area contributed by atoms with Crippen LogP contribution < -0.4 is 10.5 Å². The van der Waals surface area contributed by atoms with E-state index in [0.717, 1.165) is 5.56 Å². The summed E-state index contributed by atoms with van der Waals surface area (Å²) < 4.78 is 32.7. The molecule has 0 fully saturated rings. The van der Waals surface area contributed by atoms with Crippen LogP contribution in [0.5, 0.6) is 5.75 Å². The second-order valence-electron chi connectivity index (χ2n) is 5.08. The van der Waals surface area contributed by atoms with Crippen molar-refractivity contribution in [2.24, 2.45) is 5.73 Å². The minimum atomic E-state index is -0.522. The molecular formula is C17H19F2NO. The molecule has 0 saturated heterocycles. The van der Waals surface area contributed by atoms with Gasteiger partial charge >= 0.3 is 0 Å². The van der Waals surface area contributed by atoms with E-state index >= 15 is 0 Å². The van der Waals surface area contributed by atoms with Gasteiger partial charge in [0.1, 0.15) is 23.5 Å². The van der Waals surface area contributed by atoms with Crippen LogP contribution in [0.2, 0.25) is 0 Å². The van der Waals surface area contributed by atoms with Crippen LogP contribution in [0.1, 0.15) is 30.6 Å². The zero-order chi connectivity index (χ0) is 15.4. The van der Waals surface area contributed by atoms with Crippen molar-refractivity contribution in [3.63, 3.8) is 0 Å². The van der Waals surface area contributed by atoms with Gasteiger partial charge in [0.2, 0.25) is 0 Å². The van der Waals surface area contributed by atoms with E-state index in [1.54, 1.807) is 18.2 Å². The van der Waals surface area contributed by atoms with Crippen molar-refractivity contribution >= 4 is 0 Å². The predicted molar refractivity (Wildman–Crippen MR) is 79.2 cm³/mol. The van der Waals surface area contributed by atoms with E-state index in [-0.39, 0.29) is 17.7 Å². The number of ether oxygens (including phenoxy) is 1. The van der Waals surface area contributed by atoms with Crippen LogP contribution in [-0.2, 0) is 0 Å². The highest BCUT2D eigenvalue weighted by Crippen LogP contribution is 2.28. The molecule has 0 radical (unpaired) electrons. The van der Waals surface area contributed by atoms with Gasteiger partial charge < -0.3 is 10.5 Å². The van der Waals surface area contributed by atoms with Gasteiger partial charge in [0.15, 0.2) is 0 Å². The van der Waals surface area contributed by atoms with Crippen LogP contribution in [0.25, 0.3) is 0 Å². The molecule has 0 aromatic heterocycles. The lowest BCUT2D eigenvalue weighted by Gasteiger charge is -2.25. The molecule has 2 aromatic rings. The first-order valence-electron chi connectivity index (χ1n) is 6.95. The van der Waals surface area contributed by atoms with Gasteiger partial charge in [-0.15, -0.1) is 0 Å². The summed E-state index contributed by atoms with van der Waals surface area (Å²) >= 11 is 0. The number of hydrogen-bond donors (Lipinski definition) is 1. The Morgan fingerprint density at radius 1 is 1.10 bits per heavy atom. The predicted octanol–water partition coefficient (Wildman–Crippen LogP) is 4.13. The first-order chi connectivity index (χ1) is 10.0. The third-order valence-electron chi connectivity index (χ3n) is 3.44. The molecule has 2 aromatic carbocycles. The van der Waals surface area contributed by atoms with Crippen LogP contribution in [0.15, 0.2) is 42.5 Å². The van der Waals surface area contributed by atoms with E-state index < -0.39 is 6.10 Å². The van der Waals surface area contributed by atoms with Gasteiger partial charge in [0.05, 0.1) is 0 Å². The molecule has 21 heavy (non-hydrogen) atoms. The maximum absolute atomic E-state index is 13.4. The number of rotatable bonds is 5. The van der Waals surface area contributed by atoms with Crippen molar-refractivity contribution in [1.29, 1.82) is 0 Å². The molecule has 0 aliphatic carbocycles. The Bertz CT molecular complexity index is 615. The summed E-state index contributed by atoms with van der Waals surface area (Å²) in [6.07, 6.45) is 0.140. The van der Waals surface area contributed by atoms with E-state index in [2.05, 4.69) is 0 Å². The fraction of sp³-hybridized carbons (Fsp3) is 0.294. The van der Waals surface area contributed by atoms with Crippen LogP contribution in [0, 0.1) is 18.6 Å². The van der Waals surface area contributed by atoms with Gasteiger partial charge in [0, 0.05) is 12.1 Å². The first kappa shape index (κ1) is 15.4. The van der Waals surface area contributed by atoms with Gasteiger partial charge in [-0.2, -0.15) is 0 Å². The molecule has 0 amide bonds. The van der Waals surface area contributed by atoms with Crippen molar-refractivity contribution < 1.29 is 13.5 Å². The molecule has 0 spiro atoms. The molecule has 0 heterocycles. The Hall–Kier alpha value is -1.94. The normalized spacial score (nSPS) is 13.8. The minimum Gasteiger partial charge on any atom is -0.484 e. The van der Waals surface area contributed by atoms with Crippen molar-refractivity contribution in [2.45, 2.75) is 32.4 Å². The number of aryl methyl sites for hydroxylation is 1. The molecule has 2 unspecified atom stereocenters. The van der Waals surface area contributed by atoms with Crippen molar-refractivity contribution in [3.8, 4) is 5.75 Å². The topological polar surface area (TPSA) is 35.2 Å². The van der Waals surface area contributed by atoms with Gasteiger partial charge in [-0.3, -0.25) is 0 Å². The van der Waals surface area contributed by atoms with Gasteiger partial charge in [-0.1, -0.05) is 25.1 Å². The monoisotopic (exact) mass is 291 g/mol. The molecule has 2 nitrogen and oxygen atoms in total. The fourth-order valence-corrected chi connectivity index (χ4v) is 2.14. The molecule has 0 bridgehead atoms. The van der Waals surface area contributed by atoms with E-state index in [1.807, 2.05) is 13.8 Å². The van der Waals surface area contributed by atoms with E-state index in [4.69, 9.17) is 10.5 Å². The Morgan fingerprint density at radius 2 is 1.81 bits per heavy atom. The number of benzene rings is 2. The molecule has 0 aliphatic rings. The lowest BCUT2D eigenvalue weighted by atomic mass is 10.0. The SMILES string of the molecule is CCC(N)C(Oc1cc(F)ccc1C)c1cccc(F)c1. The summed E-state index contributed by atoms with van der Waals surface area (Å²) in [5.41, 5.74) is 7.55. The minimum absolute atomic E-state index is 0.311. The van der Waals surface area contributed by atoms with E-state index in [9.17, 15) is 8.78 Å². The fourth-order valence-electron chi connectivity index (χ4n) is 2.14. The van der Waals surface area contributed by atoms with E-state index in [0.29, 0.717) is 17.7 Å². The average Bonchev–Trinajstić information content (AvgIpc) is 2.47. The van der Waals surface area contributed by atoms with Gasteiger partial charge in [-0.05, 0) is 42.7 Å². The molecule has 4 heteroatoms. The third-order valence-corrected chi connectivity index (χ3v) is 3.44. The first-order valence-corrected chi connectivity index (χ1v) is 6.95. The summed E-state index contributed by atoms with van der Waals surface area (Å²) in [5.74, 6) is -0.299. The number of hydrogen-bond acceptors (Lipinski definition) is 2. The Kier molecular flexibility index (Phi) is 4.91. The molecule has 112 valence electrons. The molecule has 0 saturated carbocycles. The van der Waals surface area contributed by atoms with E-state index in [1.165, 1.54) is 24.3 Å². The standard InChI is InChI=1S/C17H19F2NO/c1-3-15(20)17(12-5-4-6-13(18)9-12)21-16-10-14(19)8-7-11(16)2/h4-10,15,17H,3,20H2,1-2H3. The second kappa shape index (κ2) is 6.68. The zero-order valence-electron chi connectivity index (χ0n) is 12.1. The van der Waals surface area contributed by atoms with Crippen LogP contribution >= 0.6 is 0 Å². The van der Waals surface area contributed by atoms with Crippen molar-refractivity contribution in [3.05, 3.63) is 65.2 Å². The van der Waals surface area contributed by atoms with Crippen LogP contribution in [-0.4, -0.2) is 6.04 Å². The summed E-state index contributed by atoms with van der Waals surface area (Å²) in [6, 6.07) is 10.2. The van der Waals surface area contributed by atoms with Crippen molar-refractivity contribution in [1.82, 2.24) is 0 Å². The average molecular weight is 291 g/mol. The number of halogens is 2. The lowest BCUT2D eigenvalue weighted by Crippen LogP contribution is -2.31. The smallest absolute Gasteiger partial charge is 0.139 e. The van der Waals surface area contributed by atoms with Crippen LogP contribution in [0.3, 0.4) is 0 Å². The Balaban J connectivity index is 2.35. The molecule has 2 atom stereocenters. The lowest BCUT2D eigenvalue weighted by molar-refractivity contribution is 0.169. The third kappa shape index (κ3) is 3.79. The highest BCUT2D eigenvalue weighted by Gasteiger charge is 2.22. The molecular weight excluding hydrogens is 272 g/mol. The highest BCUT2D eigenvalue weighted by atomic mass is 19.1. The summed E-state index contributed by atoms with van der Waals surface area (Å²) in [6.45, 7) is 3.76. The largest absolute Gasteiger partial charge is 0.484 e.